The van der Waals surface area contributed by atoms with Crippen molar-refractivity contribution in [1.29, 1.82) is 0 Å². The Bertz CT molecular complexity index is 119. The summed E-state index contributed by atoms with van der Waals surface area (Å²) in [6, 6.07) is 0. The summed E-state index contributed by atoms with van der Waals surface area (Å²) in [5, 5.41) is 9.00. The Morgan fingerprint density at radius 2 is 2.50 bits per heavy atom. The largest absolute Gasteiger partial charge is 0.481 e. The summed E-state index contributed by atoms with van der Waals surface area (Å²) in [6.07, 6.45) is 3.70. The zero-order valence-electron chi connectivity index (χ0n) is 5.88. The molecule has 3 heteroatoms. The molecule has 1 aliphatic heterocycles. The molecular weight excluding hydrogens is 148 g/mol. The molecule has 2 nitrogen and oxygen atoms in total. The lowest BCUT2D eigenvalue weighted by molar-refractivity contribution is -0.137. The topological polar surface area (TPSA) is 37.3 Å². The van der Waals surface area contributed by atoms with Crippen molar-refractivity contribution in [3.05, 3.63) is 0 Å². The van der Waals surface area contributed by atoms with Gasteiger partial charge in [0.1, 0.15) is 0 Å². The quantitative estimate of drug-likeness (QED) is 0.683. The number of carboxylic acid groups (broad SMARTS) is 1. The molecule has 0 radical (unpaired) electrons. The van der Waals surface area contributed by atoms with Crippen molar-refractivity contribution < 1.29 is 9.90 Å². The van der Waals surface area contributed by atoms with E-state index in [0.717, 1.165) is 6.42 Å². The fourth-order valence-corrected chi connectivity index (χ4v) is 2.44. The Balaban J connectivity index is 2.07. The molecule has 1 saturated heterocycles. The van der Waals surface area contributed by atoms with Crippen LogP contribution >= 0.6 is 11.8 Å². The van der Waals surface area contributed by atoms with Crippen LogP contribution in [0.3, 0.4) is 0 Å². The zero-order valence-corrected chi connectivity index (χ0v) is 6.69. The molecule has 1 aliphatic rings. The van der Waals surface area contributed by atoms with Crippen molar-refractivity contribution >= 4 is 17.7 Å². The van der Waals surface area contributed by atoms with Gasteiger partial charge in [-0.15, -0.1) is 0 Å². The van der Waals surface area contributed by atoms with Gasteiger partial charge in [-0.25, -0.2) is 0 Å². The number of rotatable bonds is 3. The first-order chi connectivity index (χ1) is 4.79. The van der Waals surface area contributed by atoms with Crippen LogP contribution < -0.4 is 0 Å². The maximum Gasteiger partial charge on any atom is 0.303 e. The Morgan fingerprint density at radius 1 is 1.70 bits per heavy atom. The van der Waals surface area contributed by atoms with Gasteiger partial charge in [0.2, 0.25) is 0 Å². The smallest absolute Gasteiger partial charge is 0.303 e. The Morgan fingerprint density at radius 3 is 3.00 bits per heavy atom. The predicted molar refractivity (Wildman–Crippen MR) is 42.3 cm³/mol. The molecular formula is C7H12O2S. The average molecular weight is 160 g/mol. The Labute approximate surface area is 65.0 Å². The maximum atomic E-state index is 10.1. The Kier molecular flexibility index (Phi) is 3.06. The molecule has 58 valence electrons. The van der Waals surface area contributed by atoms with E-state index in [1.54, 1.807) is 0 Å². The van der Waals surface area contributed by atoms with Gasteiger partial charge >= 0.3 is 5.97 Å². The highest BCUT2D eigenvalue weighted by Gasteiger charge is 2.15. The van der Waals surface area contributed by atoms with Crippen LogP contribution in [0.15, 0.2) is 0 Å². The number of carbonyl (C=O) groups is 1. The van der Waals surface area contributed by atoms with Gasteiger partial charge in [-0.3, -0.25) is 4.79 Å². The molecule has 1 rings (SSSR count). The third-order valence-corrected chi connectivity index (χ3v) is 3.17. The average Bonchev–Trinajstić information content (AvgIpc) is 2.34. The molecule has 0 aromatic heterocycles. The molecule has 10 heavy (non-hydrogen) atoms. The lowest BCUT2D eigenvalue weighted by Crippen LogP contribution is -2.02. The number of thioether (sulfide) groups is 1. The van der Waals surface area contributed by atoms with Gasteiger partial charge in [0.05, 0.1) is 0 Å². The summed E-state index contributed by atoms with van der Waals surface area (Å²) in [5.41, 5.74) is 0. The maximum absolute atomic E-state index is 10.1. The molecule has 0 spiro atoms. The van der Waals surface area contributed by atoms with Crippen LogP contribution in [0, 0.1) is 0 Å². The van der Waals surface area contributed by atoms with E-state index >= 15 is 0 Å². The molecule has 0 aliphatic carbocycles. The summed E-state index contributed by atoms with van der Waals surface area (Å²) >= 11 is 1.92. The van der Waals surface area contributed by atoms with Crippen LogP contribution in [0.25, 0.3) is 0 Å². The normalized spacial score (nSPS) is 25.0. The van der Waals surface area contributed by atoms with E-state index in [2.05, 4.69) is 0 Å². The SMILES string of the molecule is O=C(O)CCC1CCCS1. The highest BCUT2D eigenvalue weighted by molar-refractivity contribution is 8.00. The minimum atomic E-state index is -0.660. The van der Waals surface area contributed by atoms with Crippen LogP contribution in [0.1, 0.15) is 25.7 Å². The molecule has 0 aromatic carbocycles. The first-order valence-corrected chi connectivity index (χ1v) is 4.67. The molecule has 0 saturated carbocycles. The van der Waals surface area contributed by atoms with Crippen molar-refractivity contribution in [3.8, 4) is 0 Å². The molecule has 1 atom stereocenters. The molecule has 1 unspecified atom stereocenters. The molecule has 1 N–H and O–H groups in total. The van der Waals surface area contributed by atoms with Crippen molar-refractivity contribution in [3.63, 3.8) is 0 Å². The van der Waals surface area contributed by atoms with Crippen LogP contribution in [-0.2, 0) is 4.79 Å². The van der Waals surface area contributed by atoms with E-state index in [9.17, 15) is 4.79 Å². The van der Waals surface area contributed by atoms with Gasteiger partial charge in [-0.2, -0.15) is 11.8 Å². The second-order valence-electron chi connectivity index (χ2n) is 2.57. The highest BCUT2D eigenvalue weighted by atomic mass is 32.2. The predicted octanol–water partition coefficient (Wildman–Crippen LogP) is 1.75. The molecule has 1 fully saturated rings. The van der Waals surface area contributed by atoms with Crippen molar-refractivity contribution in [1.82, 2.24) is 0 Å². The van der Waals surface area contributed by atoms with Gasteiger partial charge in [0.15, 0.2) is 0 Å². The van der Waals surface area contributed by atoms with Crippen molar-refractivity contribution in [2.24, 2.45) is 0 Å². The van der Waals surface area contributed by atoms with E-state index in [1.807, 2.05) is 11.8 Å². The molecule has 0 bridgehead atoms. The van der Waals surface area contributed by atoms with E-state index in [0.29, 0.717) is 11.7 Å². The van der Waals surface area contributed by atoms with Crippen molar-refractivity contribution in [2.45, 2.75) is 30.9 Å². The fraction of sp³-hybridized carbons (Fsp3) is 0.857. The fourth-order valence-electron chi connectivity index (χ4n) is 1.16. The minimum Gasteiger partial charge on any atom is -0.481 e. The summed E-state index contributed by atoms with van der Waals surface area (Å²) in [6.45, 7) is 0. The van der Waals surface area contributed by atoms with E-state index < -0.39 is 5.97 Å². The van der Waals surface area contributed by atoms with E-state index in [1.165, 1.54) is 18.6 Å². The third kappa shape index (κ3) is 2.60. The molecule has 1 heterocycles. The molecule has 0 amide bonds. The second kappa shape index (κ2) is 3.86. The van der Waals surface area contributed by atoms with Gasteiger partial charge in [0.25, 0.3) is 0 Å². The number of carboxylic acids is 1. The van der Waals surface area contributed by atoms with Gasteiger partial charge < -0.3 is 5.11 Å². The van der Waals surface area contributed by atoms with Gasteiger partial charge in [0, 0.05) is 11.7 Å². The summed E-state index contributed by atoms with van der Waals surface area (Å²) in [4.78, 5) is 10.1. The van der Waals surface area contributed by atoms with Crippen LogP contribution in [-0.4, -0.2) is 22.1 Å². The lowest BCUT2D eigenvalue weighted by Gasteiger charge is -2.03. The summed E-state index contributed by atoms with van der Waals surface area (Å²) in [5.74, 6) is 0.567. The minimum absolute atomic E-state index is 0.345. The van der Waals surface area contributed by atoms with Crippen LogP contribution in [0.2, 0.25) is 0 Å². The standard InChI is InChI=1S/C7H12O2S/c8-7(9)4-3-6-2-1-5-10-6/h6H,1-5H2,(H,8,9). The number of hydrogen-bond acceptors (Lipinski definition) is 2. The Hall–Kier alpha value is -0.180. The molecule has 0 aromatic rings. The zero-order chi connectivity index (χ0) is 7.40. The summed E-state index contributed by atoms with van der Waals surface area (Å²) < 4.78 is 0. The van der Waals surface area contributed by atoms with E-state index in [4.69, 9.17) is 5.11 Å². The van der Waals surface area contributed by atoms with Crippen LogP contribution in [0.5, 0.6) is 0 Å². The summed E-state index contributed by atoms with van der Waals surface area (Å²) in [7, 11) is 0. The number of aliphatic carboxylic acids is 1. The van der Waals surface area contributed by atoms with Gasteiger partial charge in [-0.1, -0.05) is 0 Å². The van der Waals surface area contributed by atoms with Crippen LogP contribution in [0.4, 0.5) is 0 Å². The highest BCUT2D eigenvalue weighted by Crippen LogP contribution is 2.29. The van der Waals surface area contributed by atoms with Gasteiger partial charge in [-0.05, 0) is 25.0 Å². The second-order valence-corrected chi connectivity index (χ2v) is 3.98. The monoisotopic (exact) mass is 160 g/mol. The lowest BCUT2D eigenvalue weighted by atomic mass is 10.1. The first kappa shape index (κ1) is 7.92. The number of hydrogen-bond donors (Lipinski definition) is 1. The first-order valence-electron chi connectivity index (χ1n) is 3.62. The van der Waals surface area contributed by atoms with Crippen molar-refractivity contribution in [2.75, 3.05) is 5.75 Å². The third-order valence-electron chi connectivity index (χ3n) is 1.70. The van der Waals surface area contributed by atoms with E-state index in [-0.39, 0.29) is 0 Å².